The van der Waals surface area contributed by atoms with Crippen LogP contribution in [0.2, 0.25) is 0 Å². The number of para-hydroxylation sites is 2. The van der Waals surface area contributed by atoms with Crippen LogP contribution in [0.1, 0.15) is 50.2 Å². The highest BCUT2D eigenvalue weighted by atomic mass is 16.5. The molecule has 178 valence electrons. The van der Waals surface area contributed by atoms with Crippen molar-refractivity contribution in [1.29, 1.82) is 0 Å². The fraction of sp³-hybridized carbons (Fsp3) is 0.520. The van der Waals surface area contributed by atoms with Crippen LogP contribution in [-0.2, 0) is 11.8 Å². The van der Waals surface area contributed by atoms with E-state index in [1.807, 2.05) is 12.1 Å². The standard InChI is InChI=1S/C25H32N8O/c1-16(2)21-27-18-8-4-5-9-19(18)33(21)25-29-23-20(24(30-25)32-11-13-34-14-12-32)28-22(31(23)3)17-7-6-10-26-15-17/h4-5,8-9,16-17,26H,6-7,10-15H2,1-3H3. The van der Waals surface area contributed by atoms with Crippen molar-refractivity contribution in [3.63, 3.8) is 0 Å². The molecule has 1 atom stereocenters. The topological polar surface area (TPSA) is 85.9 Å². The van der Waals surface area contributed by atoms with Crippen molar-refractivity contribution in [2.75, 3.05) is 44.3 Å². The van der Waals surface area contributed by atoms with E-state index in [9.17, 15) is 0 Å². The van der Waals surface area contributed by atoms with Crippen LogP contribution >= 0.6 is 0 Å². The maximum atomic E-state index is 5.63. The molecule has 0 aliphatic carbocycles. The summed E-state index contributed by atoms with van der Waals surface area (Å²) < 4.78 is 9.93. The number of morpholine rings is 1. The van der Waals surface area contributed by atoms with E-state index in [-0.39, 0.29) is 5.92 Å². The molecule has 1 aromatic carbocycles. The highest BCUT2D eigenvalue weighted by Gasteiger charge is 2.27. The molecular weight excluding hydrogens is 428 g/mol. The zero-order chi connectivity index (χ0) is 23.2. The predicted molar refractivity (Wildman–Crippen MR) is 133 cm³/mol. The zero-order valence-corrected chi connectivity index (χ0v) is 20.2. The summed E-state index contributed by atoms with van der Waals surface area (Å²) >= 11 is 0. The number of fused-ring (bicyclic) bond motifs is 2. The molecule has 0 bridgehead atoms. The largest absolute Gasteiger partial charge is 0.378 e. The number of benzene rings is 1. The molecule has 0 radical (unpaired) electrons. The molecule has 2 fully saturated rings. The van der Waals surface area contributed by atoms with E-state index in [0.717, 1.165) is 72.3 Å². The number of piperidine rings is 1. The number of hydrogen-bond donors (Lipinski definition) is 1. The second-order valence-corrected chi connectivity index (χ2v) is 9.64. The third-order valence-corrected chi connectivity index (χ3v) is 7.00. The molecule has 0 amide bonds. The van der Waals surface area contributed by atoms with Gasteiger partial charge in [0.15, 0.2) is 17.0 Å². The molecule has 2 saturated heterocycles. The zero-order valence-electron chi connectivity index (χ0n) is 20.2. The molecule has 3 aromatic heterocycles. The van der Waals surface area contributed by atoms with Crippen molar-refractivity contribution in [2.45, 2.75) is 38.5 Å². The first kappa shape index (κ1) is 21.5. The Morgan fingerprint density at radius 1 is 1.06 bits per heavy atom. The Bertz CT molecular complexity index is 1330. The Balaban J connectivity index is 1.60. The molecule has 34 heavy (non-hydrogen) atoms. The Labute approximate surface area is 199 Å². The van der Waals surface area contributed by atoms with Crippen LogP contribution in [0.3, 0.4) is 0 Å². The molecule has 5 heterocycles. The minimum absolute atomic E-state index is 0.231. The molecule has 0 spiro atoms. The summed E-state index contributed by atoms with van der Waals surface area (Å²) in [6, 6.07) is 8.22. The van der Waals surface area contributed by atoms with Gasteiger partial charge in [0.1, 0.15) is 11.6 Å². The number of nitrogens with zero attached hydrogens (tertiary/aromatic N) is 7. The van der Waals surface area contributed by atoms with Gasteiger partial charge in [0, 0.05) is 38.5 Å². The van der Waals surface area contributed by atoms with Gasteiger partial charge in [-0.1, -0.05) is 26.0 Å². The number of nitrogens with one attached hydrogen (secondary N) is 1. The number of rotatable bonds is 4. The fourth-order valence-electron chi connectivity index (χ4n) is 5.23. The van der Waals surface area contributed by atoms with E-state index in [2.05, 4.69) is 52.4 Å². The normalized spacial score (nSPS) is 19.5. The smallest absolute Gasteiger partial charge is 0.239 e. The molecule has 9 heteroatoms. The lowest BCUT2D eigenvalue weighted by atomic mass is 9.99. The number of aromatic nitrogens is 6. The molecule has 2 aliphatic rings. The molecule has 4 aromatic rings. The van der Waals surface area contributed by atoms with Crippen molar-refractivity contribution in [1.82, 2.24) is 34.4 Å². The van der Waals surface area contributed by atoms with E-state index in [0.29, 0.717) is 25.1 Å². The Hall–Kier alpha value is -3.04. The van der Waals surface area contributed by atoms with Gasteiger partial charge in [-0.15, -0.1) is 0 Å². The second-order valence-electron chi connectivity index (χ2n) is 9.64. The summed E-state index contributed by atoms with van der Waals surface area (Å²) in [5.41, 5.74) is 3.74. The number of hydrogen-bond acceptors (Lipinski definition) is 7. The first-order valence-corrected chi connectivity index (χ1v) is 12.4. The molecule has 6 rings (SSSR count). The van der Waals surface area contributed by atoms with Crippen LogP contribution in [0.25, 0.3) is 28.1 Å². The van der Waals surface area contributed by atoms with Crippen LogP contribution < -0.4 is 10.2 Å². The van der Waals surface area contributed by atoms with Gasteiger partial charge < -0.3 is 19.5 Å². The first-order valence-electron chi connectivity index (χ1n) is 12.4. The Morgan fingerprint density at radius 3 is 2.65 bits per heavy atom. The van der Waals surface area contributed by atoms with Crippen LogP contribution in [-0.4, -0.2) is 68.5 Å². The minimum Gasteiger partial charge on any atom is -0.378 e. The number of anilines is 1. The monoisotopic (exact) mass is 460 g/mol. The van der Waals surface area contributed by atoms with Gasteiger partial charge in [0.2, 0.25) is 5.95 Å². The van der Waals surface area contributed by atoms with Crippen molar-refractivity contribution < 1.29 is 4.74 Å². The highest BCUT2D eigenvalue weighted by Crippen LogP contribution is 2.32. The van der Waals surface area contributed by atoms with E-state index in [1.165, 1.54) is 6.42 Å². The Kier molecular flexibility index (Phi) is 5.45. The van der Waals surface area contributed by atoms with Crippen LogP contribution in [0.15, 0.2) is 24.3 Å². The van der Waals surface area contributed by atoms with Gasteiger partial charge in [0.05, 0.1) is 24.2 Å². The van der Waals surface area contributed by atoms with Crippen molar-refractivity contribution in [3.05, 3.63) is 35.9 Å². The van der Waals surface area contributed by atoms with Crippen molar-refractivity contribution in [2.24, 2.45) is 7.05 Å². The average molecular weight is 461 g/mol. The number of imidazole rings is 2. The summed E-state index contributed by atoms with van der Waals surface area (Å²) in [6.45, 7) is 9.34. The van der Waals surface area contributed by atoms with Gasteiger partial charge in [-0.2, -0.15) is 9.97 Å². The summed E-state index contributed by atoms with van der Waals surface area (Å²) in [5.74, 6) is 4.21. The van der Waals surface area contributed by atoms with Gasteiger partial charge in [0.25, 0.3) is 0 Å². The summed E-state index contributed by atoms with van der Waals surface area (Å²) in [6.07, 6.45) is 2.31. The molecule has 1 N–H and O–H groups in total. The van der Waals surface area contributed by atoms with E-state index in [4.69, 9.17) is 24.7 Å². The summed E-state index contributed by atoms with van der Waals surface area (Å²) in [4.78, 5) is 22.6. The van der Waals surface area contributed by atoms with Crippen LogP contribution in [0, 0.1) is 0 Å². The van der Waals surface area contributed by atoms with E-state index in [1.54, 1.807) is 0 Å². The van der Waals surface area contributed by atoms with Crippen molar-refractivity contribution in [3.8, 4) is 5.95 Å². The van der Waals surface area contributed by atoms with Crippen molar-refractivity contribution >= 4 is 28.0 Å². The number of ether oxygens (including phenoxy) is 1. The quantitative estimate of drug-likeness (QED) is 0.501. The lowest BCUT2D eigenvalue weighted by Crippen LogP contribution is -2.37. The lowest BCUT2D eigenvalue weighted by Gasteiger charge is -2.28. The van der Waals surface area contributed by atoms with Gasteiger partial charge in [-0.3, -0.25) is 4.57 Å². The molecule has 1 unspecified atom stereocenters. The molecule has 0 saturated carbocycles. The molecular formula is C25H32N8O. The number of aryl methyl sites for hydroxylation is 1. The third-order valence-electron chi connectivity index (χ3n) is 7.00. The van der Waals surface area contributed by atoms with Gasteiger partial charge in [-0.25, -0.2) is 9.97 Å². The van der Waals surface area contributed by atoms with Gasteiger partial charge >= 0.3 is 0 Å². The lowest BCUT2D eigenvalue weighted by molar-refractivity contribution is 0.122. The van der Waals surface area contributed by atoms with Crippen LogP contribution in [0.4, 0.5) is 5.82 Å². The molecule has 9 nitrogen and oxygen atoms in total. The SMILES string of the molecule is CC(C)c1nc2ccccc2n1-c1nc(N2CCOCC2)c2nc(C3CCCNC3)n(C)c2n1. The van der Waals surface area contributed by atoms with Crippen LogP contribution in [0.5, 0.6) is 0 Å². The van der Waals surface area contributed by atoms with Gasteiger partial charge in [-0.05, 0) is 31.5 Å². The maximum absolute atomic E-state index is 5.63. The highest BCUT2D eigenvalue weighted by molar-refractivity contribution is 5.86. The average Bonchev–Trinajstić information content (AvgIpc) is 3.43. The van der Waals surface area contributed by atoms with E-state index < -0.39 is 0 Å². The second kappa shape index (κ2) is 8.63. The third kappa shape index (κ3) is 3.54. The van der Waals surface area contributed by atoms with E-state index >= 15 is 0 Å². The summed E-state index contributed by atoms with van der Waals surface area (Å²) in [5, 5.41) is 3.53. The maximum Gasteiger partial charge on any atom is 0.239 e. The predicted octanol–water partition coefficient (Wildman–Crippen LogP) is 3.13. The minimum atomic E-state index is 0.231. The fourth-order valence-corrected chi connectivity index (χ4v) is 5.23. The molecule has 2 aliphatic heterocycles. The summed E-state index contributed by atoms with van der Waals surface area (Å²) in [7, 11) is 2.09. The first-order chi connectivity index (χ1) is 16.6. The Morgan fingerprint density at radius 2 is 1.88 bits per heavy atom.